The van der Waals surface area contributed by atoms with Crippen LogP contribution >= 0.6 is 11.6 Å². The van der Waals surface area contributed by atoms with E-state index in [1.165, 1.54) is 0 Å². The summed E-state index contributed by atoms with van der Waals surface area (Å²) in [5, 5.41) is 21.3. The van der Waals surface area contributed by atoms with Gasteiger partial charge >= 0.3 is 0 Å². The van der Waals surface area contributed by atoms with E-state index >= 15 is 0 Å². The normalized spacial score (nSPS) is 10.7. The molecule has 0 saturated heterocycles. The average Bonchev–Trinajstić information content (AvgIpc) is 2.89. The molecule has 0 atom stereocenters. The molecule has 0 spiro atoms. The van der Waals surface area contributed by atoms with Gasteiger partial charge in [-0.15, -0.1) is 0 Å². The molecule has 7 nitrogen and oxygen atoms in total. The quantitative estimate of drug-likeness (QED) is 0.453. The van der Waals surface area contributed by atoms with Crippen molar-refractivity contribution in [2.24, 2.45) is 11.1 Å². The molecule has 0 heterocycles. The Morgan fingerprint density at radius 2 is 1.50 bits per heavy atom. The van der Waals surface area contributed by atoms with Crippen molar-refractivity contribution in [3.63, 3.8) is 0 Å². The maximum Gasteiger partial charge on any atom is 0.255 e. The average molecular weight is 500 g/mol. The predicted octanol–water partition coefficient (Wildman–Crippen LogP) is 4.96. The zero-order valence-electron chi connectivity index (χ0n) is 20.1. The summed E-state index contributed by atoms with van der Waals surface area (Å²) in [5.41, 5.74) is 8.56. The number of rotatable bonds is 8. The fourth-order valence-corrected chi connectivity index (χ4v) is 3.71. The molecule has 0 aromatic heterocycles. The van der Waals surface area contributed by atoms with E-state index in [1.54, 1.807) is 71.6 Å². The van der Waals surface area contributed by atoms with Crippen LogP contribution in [-0.2, 0) is 6.54 Å². The van der Waals surface area contributed by atoms with Gasteiger partial charge in [-0.25, -0.2) is 0 Å². The highest BCUT2D eigenvalue weighted by Gasteiger charge is 2.25. The van der Waals surface area contributed by atoms with Crippen LogP contribution in [0.5, 0.6) is 0 Å². The van der Waals surface area contributed by atoms with Crippen LogP contribution in [0.15, 0.2) is 66.7 Å². The van der Waals surface area contributed by atoms with E-state index in [2.05, 4.69) is 5.32 Å². The van der Waals surface area contributed by atoms with Crippen LogP contribution in [0.3, 0.4) is 0 Å². The number of hydrogen-bond donors (Lipinski definition) is 2. The third-order valence-corrected chi connectivity index (χ3v) is 6.03. The van der Waals surface area contributed by atoms with Crippen molar-refractivity contribution in [2.75, 3.05) is 18.4 Å². The van der Waals surface area contributed by atoms with E-state index in [-0.39, 0.29) is 23.8 Å². The van der Waals surface area contributed by atoms with Crippen molar-refractivity contribution in [3.8, 4) is 12.1 Å². The predicted molar refractivity (Wildman–Crippen MR) is 139 cm³/mol. The molecule has 2 amide bonds. The summed E-state index contributed by atoms with van der Waals surface area (Å²) in [6.07, 6.45) is 0. The Labute approximate surface area is 215 Å². The molecule has 8 heteroatoms. The van der Waals surface area contributed by atoms with Gasteiger partial charge in [-0.2, -0.15) is 10.5 Å². The van der Waals surface area contributed by atoms with E-state index in [9.17, 15) is 9.59 Å². The number of nitriles is 2. The zero-order chi connectivity index (χ0) is 26.3. The minimum absolute atomic E-state index is 0.196. The second-order valence-electron chi connectivity index (χ2n) is 9.17. The second-order valence-corrected chi connectivity index (χ2v) is 9.58. The number of amides is 2. The van der Waals surface area contributed by atoms with Crippen molar-refractivity contribution in [1.82, 2.24) is 4.90 Å². The first-order chi connectivity index (χ1) is 17.2. The summed E-state index contributed by atoms with van der Waals surface area (Å²) in [7, 11) is 0. The number of hydrogen-bond acceptors (Lipinski definition) is 5. The van der Waals surface area contributed by atoms with E-state index in [1.807, 2.05) is 26.0 Å². The lowest BCUT2D eigenvalue weighted by molar-refractivity contribution is 0.0673. The summed E-state index contributed by atoms with van der Waals surface area (Å²) >= 11 is 6.48. The molecule has 182 valence electrons. The molecule has 0 aliphatic carbocycles. The Bertz CT molecular complexity index is 1340. The van der Waals surface area contributed by atoms with Crippen molar-refractivity contribution in [1.29, 1.82) is 10.5 Å². The first-order valence-electron chi connectivity index (χ1n) is 11.3. The van der Waals surface area contributed by atoms with Gasteiger partial charge in [0.15, 0.2) is 0 Å². The van der Waals surface area contributed by atoms with Gasteiger partial charge in [-0.3, -0.25) is 9.59 Å². The van der Waals surface area contributed by atoms with Crippen molar-refractivity contribution in [3.05, 3.63) is 99.6 Å². The first-order valence-corrected chi connectivity index (χ1v) is 11.6. The van der Waals surface area contributed by atoms with Gasteiger partial charge in [0.05, 0.1) is 23.3 Å². The van der Waals surface area contributed by atoms with Crippen LogP contribution < -0.4 is 11.1 Å². The topological polar surface area (TPSA) is 123 Å². The third kappa shape index (κ3) is 6.70. The summed E-state index contributed by atoms with van der Waals surface area (Å²) in [4.78, 5) is 27.8. The SMILES string of the molecule is CC(C)(CN)CN(Cc1cc(NC(=O)c2ccc(C#N)cc2)ccc1Cl)C(=O)c1ccc(C#N)cc1. The number of nitrogens with one attached hydrogen (secondary N) is 1. The molecule has 3 rings (SSSR count). The minimum Gasteiger partial charge on any atom is -0.334 e. The Kier molecular flexibility index (Phi) is 8.45. The molecule has 3 aromatic carbocycles. The van der Waals surface area contributed by atoms with Crippen LogP contribution in [0.25, 0.3) is 0 Å². The first kappa shape index (κ1) is 26.4. The molecule has 0 saturated carbocycles. The Balaban J connectivity index is 1.86. The summed E-state index contributed by atoms with van der Waals surface area (Å²) < 4.78 is 0. The number of nitrogens with zero attached hydrogens (tertiary/aromatic N) is 3. The standard InChI is InChI=1S/C28H26ClN5O2/c1-28(2,17-32)18-34(27(36)22-9-5-20(15-31)6-10-22)16-23-13-24(11-12-25(23)29)33-26(35)21-7-3-19(14-30)4-8-21/h3-13H,16-18,32H2,1-2H3,(H,33,35). The van der Waals surface area contributed by atoms with Crippen LogP contribution in [-0.4, -0.2) is 29.8 Å². The molecule has 3 aromatic rings. The lowest BCUT2D eigenvalue weighted by Gasteiger charge is -2.32. The van der Waals surface area contributed by atoms with E-state index in [0.29, 0.717) is 51.6 Å². The van der Waals surface area contributed by atoms with Gasteiger partial charge in [0.2, 0.25) is 0 Å². The van der Waals surface area contributed by atoms with Crippen molar-refractivity contribution < 1.29 is 9.59 Å². The number of anilines is 1. The van der Waals surface area contributed by atoms with Crippen LogP contribution in [0.4, 0.5) is 5.69 Å². The fourth-order valence-electron chi connectivity index (χ4n) is 3.53. The molecule has 36 heavy (non-hydrogen) atoms. The monoisotopic (exact) mass is 499 g/mol. The number of halogens is 1. The molecule has 0 unspecified atom stereocenters. The lowest BCUT2D eigenvalue weighted by Crippen LogP contribution is -2.41. The van der Waals surface area contributed by atoms with Gasteiger partial charge in [0.25, 0.3) is 11.8 Å². The highest BCUT2D eigenvalue weighted by atomic mass is 35.5. The summed E-state index contributed by atoms with van der Waals surface area (Å²) in [6.45, 7) is 4.89. The van der Waals surface area contributed by atoms with E-state index in [4.69, 9.17) is 27.9 Å². The van der Waals surface area contributed by atoms with Gasteiger partial charge in [0.1, 0.15) is 0 Å². The van der Waals surface area contributed by atoms with E-state index < -0.39 is 0 Å². The van der Waals surface area contributed by atoms with Crippen LogP contribution in [0.2, 0.25) is 5.02 Å². The Hall–Kier alpha value is -4.17. The minimum atomic E-state index is -0.351. The molecule has 0 aliphatic heterocycles. The molecular formula is C28H26ClN5O2. The van der Waals surface area contributed by atoms with Gasteiger partial charge in [-0.1, -0.05) is 25.4 Å². The van der Waals surface area contributed by atoms with Crippen LogP contribution in [0, 0.1) is 28.1 Å². The Morgan fingerprint density at radius 3 is 2.03 bits per heavy atom. The fraction of sp³-hybridized carbons (Fsp3) is 0.214. The largest absolute Gasteiger partial charge is 0.334 e. The molecule has 0 fully saturated rings. The number of carbonyl (C=O) groups excluding carboxylic acids is 2. The zero-order valence-corrected chi connectivity index (χ0v) is 20.8. The number of benzene rings is 3. The molecule has 0 aliphatic rings. The third-order valence-electron chi connectivity index (χ3n) is 5.66. The number of nitrogens with two attached hydrogens (primary N) is 1. The smallest absolute Gasteiger partial charge is 0.255 e. The van der Waals surface area contributed by atoms with Crippen molar-refractivity contribution >= 4 is 29.1 Å². The number of carbonyl (C=O) groups is 2. The van der Waals surface area contributed by atoms with E-state index in [0.717, 1.165) is 0 Å². The summed E-state index contributed by atoms with van der Waals surface area (Å²) in [6, 6.07) is 21.9. The highest BCUT2D eigenvalue weighted by Crippen LogP contribution is 2.26. The van der Waals surface area contributed by atoms with Gasteiger partial charge < -0.3 is 16.0 Å². The van der Waals surface area contributed by atoms with Gasteiger partial charge in [0, 0.05) is 34.9 Å². The van der Waals surface area contributed by atoms with Crippen LogP contribution in [0.1, 0.15) is 51.3 Å². The molecule has 0 radical (unpaired) electrons. The van der Waals surface area contributed by atoms with Gasteiger partial charge in [-0.05, 0) is 84.3 Å². The molecular weight excluding hydrogens is 474 g/mol. The molecule has 0 bridgehead atoms. The maximum atomic E-state index is 13.4. The summed E-state index contributed by atoms with van der Waals surface area (Å²) in [5.74, 6) is -0.549. The second kappa shape index (κ2) is 11.5. The maximum absolute atomic E-state index is 13.4. The Morgan fingerprint density at radius 1 is 0.944 bits per heavy atom. The van der Waals surface area contributed by atoms with Crippen molar-refractivity contribution in [2.45, 2.75) is 20.4 Å². The highest BCUT2D eigenvalue weighted by molar-refractivity contribution is 6.31. The lowest BCUT2D eigenvalue weighted by atomic mass is 9.92. The molecule has 3 N–H and O–H groups in total.